The lowest BCUT2D eigenvalue weighted by Gasteiger charge is -2.23. The first-order valence-corrected chi connectivity index (χ1v) is 5.77. The van der Waals surface area contributed by atoms with E-state index in [1.165, 1.54) is 0 Å². The van der Waals surface area contributed by atoms with E-state index in [4.69, 9.17) is 10.5 Å². The van der Waals surface area contributed by atoms with Crippen molar-refractivity contribution in [1.29, 1.82) is 0 Å². The molecule has 2 heterocycles. The van der Waals surface area contributed by atoms with Gasteiger partial charge in [-0.2, -0.15) is 0 Å². The van der Waals surface area contributed by atoms with Gasteiger partial charge in [-0.25, -0.2) is 4.98 Å². The van der Waals surface area contributed by atoms with E-state index in [1.54, 1.807) is 12.3 Å². The highest BCUT2D eigenvalue weighted by molar-refractivity contribution is 5.81. The van der Waals surface area contributed by atoms with Gasteiger partial charge in [0.05, 0.1) is 13.2 Å². The monoisotopic (exact) mass is 235 g/mol. The second-order valence-electron chi connectivity index (χ2n) is 4.23. The average Bonchev–Trinajstić information content (AvgIpc) is 2.30. The molecule has 1 atom stereocenters. The first-order chi connectivity index (χ1) is 8.24. The number of carbonyl (C=O) groups is 1. The minimum atomic E-state index is 0.149. The van der Waals surface area contributed by atoms with Crippen LogP contribution in [0.1, 0.15) is 12.0 Å². The van der Waals surface area contributed by atoms with Gasteiger partial charge >= 0.3 is 0 Å². The number of nitrogens with one attached hydrogen (secondary N) is 1. The van der Waals surface area contributed by atoms with Gasteiger partial charge in [-0.3, -0.25) is 4.79 Å². The van der Waals surface area contributed by atoms with Crippen LogP contribution in [0.15, 0.2) is 18.3 Å². The molecule has 0 saturated carbocycles. The van der Waals surface area contributed by atoms with Crippen molar-refractivity contribution in [3.63, 3.8) is 0 Å². The summed E-state index contributed by atoms with van der Waals surface area (Å²) in [6.07, 6.45) is 2.53. The molecular formula is C12H17N3O2. The number of rotatable bonds is 4. The van der Waals surface area contributed by atoms with E-state index in [-0.39, 0.29) is 11.8 Å². The molecule has 1 saturated heterocycles. The summed E-state index contributed by atoms with van der Waals surface area (Å²) < 4.78 is 5.31. The second kappa shape index (κ2) is 5.75. The summed E-state index contributed by atoms with van der Waals surface area (Å²) in [6.45, 7) is 2.16. The van der Waals surface area contributed by atoms with Gasteiger partial charge in [-0.1, -0.05) is 0 Å². The van der Waals surface area contributed by atoms with Gasteiger partial charge in [0.15, 0.2) is 0 Å². The molecule has 2 rings (SSSR count). The molecule has 5 nitrogen and oxygen atoms in total. The highest BCUT2D eigenvalue weighted by Gasteiger charge is 2.16. The van der Waals surface area contributed by atoms with Gasteiger partial charge in [0.25, 0.3) is 0 Å². The van der Waals surface area contributed by atoms with E-state index in [1.807, 2.05) is 6.07 Å². The summed E-state index contributed by atoms with van der Waals surface area (Å²) >= 11 is 0. The molecule has 1 unspecified atom stereocenters. The number of nitrogen functional groups attached to an aromatic ring is 1. The van der Waals surface area contributed by atoms with Crippen LogP contribution in [0.4, 0.5) is 5.82 Å². The fourth-order valence-electron chi connectivity index (χ4n) is 1.93. The number of nitrogens with two attached hydrogens (primary N) is 1. The maximum Gasteiger partial charge on any atom is 0.138 e. The van der Waals surface area contributed by atoms with E-state index in [0.29, 0.717) is 25.3 Å². The van der Waals surface area contributed by atoms with Crippen LogP contribution >= 0.6 is 0 Å². The normalized spacial score (nSPS) is 20.1. The van der Waals surface area contributed by atoms with Gasteiger partial charge in [0, 0.05) is 31.6 Å². The lowest BCUT2D eigenvalue weighted by atomic mass is 10.0. The summed E-state index contributed by atoms with van der Waals surface area (Å²) in [7, 11) is 0. The van der Waals surface area contributed by atoms with Crippen LogP contribution < -0.4 is 11.1 Å². The molecule has 0 bridgehead atoms. The zero-order valence-electron chi connectivity index (χ0n) is 9.69. The van der Waals surface area contributed by atoms with Crippen molar-refractivity contribution >= 4 is 11.6 Å². The van der Waals surface area contributed by atoms with Crippen LogP contribution in [0.25, 0.3) is 0 Å². The number of aromatic nitrogens is 1. The van der Waals surface area contributed by atoms with Crippen LogP contribution in [-0.4, -0.2) is 36.6 Å². The molecule has 92 valence electrons. The third-order valence-corrected chi connectivity index (χ3v) is 2.72. The molecule has 0 amide bonds. The fourth-order valence-corrected chi connectivity index (χ4v) is 1.93. The number of ether oxygens (including phenoxy) is 1. The molecule has 5 heteroatoms. The molecule has 1 aliphatic heterocycles. The van der Waals surface area contributed by atoms with Crippen molar-refractivity contribution in [1.82, 2.24) is 10.3 Å². The van der Waals surface area contributed by atoms with E-state index < -0.39 is 0 Å². The third kappa shape index (κ3) is 3.80. The molecule has 0 spiro atoms. The van der Waals surface area contributed by atoms with Crippen molar-refractivity contribution in [2.75, 3.05) is 25.5 Å². The quantitative estimate of drug-likeness (QED) is 0.777. The molecular weight excluding hydrogens is 218 g/mol. The highest BCUT2D eigenvalue weighted by Crippen LogP contribution is 2.07. The lowest BCUT2D eigenvalue weighted by Crippen LogP contribution is -2.42. The molecule has 3 N–H and O–H groups in total. The number of ketones is 1. The number of hydrogen-bond acceptors (Lipinski definition) is 5. The third-order valence-electron chi connectivity index (χ3n) is 2.72. The summed E-state index contributed by atoms with van der Waals surface area (Å²) in [5, 5.41) is 3.26. The Balaban J connectivity index is 1.84. The zero-order valence-corrected chi connectivity index (χ0v) is 9.69. The number of hydrogen-bond donors (Lipinski definition) is 2. The highest BCUT2D eigenvalue weighted by atomic mass is 16.5. The number of morpholine rings is 1. The number of carbonyl (C=O) groups excluding carboxylic acids is 1. The minimum absolute atomic E-state index is 0.149. The Labute approximate surface area is 100 Å². The Bertz CT molecular complexity index is 389. The zero-order chi connectivity index (χ0) is 12.1. The molecule has 0 aromatic carbocycles. The van der Waals surface area contributed by atoms with E-state index in [9.17, 15) is 4.79 Å². The smallest absolute Gasteiger partial charge is 0.138 e. The molecule has 1 aromatic rings. The predicted octanol–water partition coefficient (Wildman–Crippen LogP) is 0.154. The first kappa shape index (κ1) is 12.0. The SMILES string of the molecule is Nc1cc(CC(=O)CC2COCCN2)ccn1. The van der Waals surface area contributed by atoms with Crippen LogP contribution in [-0.2, 0) is 16.0 Å². The van der Waals surface area contributed by atoms with Crippen molar-refractivity contribution in [3.8, 4) is 0 Å². The summed E-state index contributed by atoms with van der Waals surface area (Å²) in [6, 6.07) is 3.71. The summed E-state index contributed by atoms with van der Waals surface area (Å²) in [5.41, 5.74) is 6.48. The first-order valence-electron chi connectivity index (χ1n) is 5.77. The van der Waals surface area contributed by atoms with Crippen molar-refractivity contribution in [2.24, 2.45) is 0 Å². The second-order valence-corrected chi connectivity index (χ2v) is 4.23. The topological polar surface area (TPSA) is 77.2 Å². The number of pyridine rings is 1. The number of anilines is 1. The molecule has 1 aliphatic rings. The molecule has 17 heavy (non-hydrogen) atoms. The molecule has 0 radical (unpaired) electrons. The summed E-state index contributed by atoms with van der Waals surface area (Å²) in [4.78, 5) is 15.7. The van der Waals surface area contributed by atoms with Crippen LogP contribution in [0, 0.1) is 0 Å². The Kier molecular flexibility index (Phi) is 4.06. The standard InChI is InChI=1S/C12H17N3O2/c13-12-6-9(1-2-15-12)5-11(16)7-10-8-17-4-3-14-10/h1-2,6,10,14H,3-5,7-8H2,(H2,13,15). The average molecular weight is 235 g/mol. The Morgan fingerprint density at radius 1 is 1.65 bits per heavy atom. The number of nitrogens with zero attached hydrogens (tertiary/aromatic N) is 1. The van der Waals surface area contributed by atoms with Crippen LogP contribution in [0.5, 0.6) is 0 Å². The maximum atomic E-state index is 11.8. The van der Waals surface area contributed by atoms with E-state index >= 15 is 0 Å². The van der Waals surface area contributed by atoms with Gasteiger partial charge in [0.2, 0.25) is 0 Å². The fraction of sp³-hybridized carbons (Fsp3) is 0.500. The Hall–Kier alpha value is -1.46. The number of Topliss-reactive ketones (excluding diaryl/α,β-unsaturated/α-hetero) is 1. The Morgan fingerprint density at radius 3 is 3.24 bits per heavy atom. The largest absolute Gasteiger partial charge is 0.384 e. The molecule has 0 aliphatic carbocycles. The summed E-state index contributed by atoms with van der Waals surface area (Å²) in [5.74, 6) is 0.646. The molecule has 1 fully saturated rings. The Morgan fingerprint density at radius 2 is 2.53 bits per heavy atom. The van der Waals surface area contributed by atoms with Crippen molar-refractivity contribution in [3.05, 3.63) is 23.9 Å². The van der Waals surface area contributed by atoms with E-state index in [2.05, 4.69) is 10.3 Å². The maximum absolute atomic E-state index is 11.8. The van der Waals surface area contributed by atoms with Gasteiger partial charge in [0.1, 0.15) is 11.6 Å². The van der Waals surface area contributed by atoms with Crippen LogP contribution in [0.2, 0.25) is 0 Å². The van der Waals surface area contributed by atoms with Gasteiger partial charge < -0.3 is 15.8 Å². The van der Waals surface area contributed by atoms with Crippen molar-refractivity contribution in [2.45, 2.75) is 18.9 Å². The van der Waals surface area contributed by atoms with Crippen molar-refractivity contribution < 1.29 is 9.53 Å². The van der Waals surface area contributed by atoms with E-state index in [0.717, 1.165) is 18.7 Å². The molecule has 1 aromatic heterocycles. The van der Waals surface area contributed by atoms with Crippen LogP contribution in [0.3, 0.4) is 0 Å². The lowest BCUT2D eigenvalue weighted by molar-refractivity contribution is -0.119. The van der Waals surface area contributed by atoms with Gasteiger partial charge in [-0.15, -0.1) is 0 Å². The van der Waals surface area contributed by atoms with Gasteiger partial charge in [-0.05, 0) is 17.7 Å². The predicted molar refractivity (Wildman–Crippen MR) is 64.6 cm³/mol. The minimum Gasteiger partial charge on any atom is -0.384 e.